The molecule has 34 heavy (non-hydrogen) atoms. The van der Waals surface area contributed by atoms with Gasteiger partial charge in [-0.25, -0.2) is 9.97 Å². The summed E-state index contributed by atoms with van der Waals surface area (Å²) in [6.07, 6.45) is -2.16. The molecule has 7 nitrogen and oxygen atoms in total. The van der Waals surface area contributed by atoms with Crippen molar-refractivity contribution in [3.05, 3.63) is 94.9 Å². The number of hydrogen-bond acceptors (Lipinski definition) is 6. The first-order chi connectivity index (χ1) is 16.3. The number of halogens is 4. The monoisotopic (exact) mass is 483 g/mol. The van der Waals surface area contributed by atoms with Crippen molar-refractivity contribution in [3.8, 4) is 11.5 Å². The first-order valence-electron chi connectivity index (χ1n) is 9.90. The summed E-state index contributed by atoms with van der Waals surface area (Å²) < 4.78 is 49.2. The summed E-state index contributed by atoms with van der Waals surface area (Å²) in [5.41, 5.74) is -0.577. The van der Waals surface area contributed by atoms with Crippen molar-refractivity contribution in [2.75, 3.05) is 0 Å². The van der Waals surface area contributed by atoms with E-state index in [1.165, 1.54) is 30.7 Å². The maximum Gasteiger partial charge on any atom is 0.432 e. The second-order valence-corrected chi connectivity index (χ2v) is 7.73. The zero-order chi connectivity index (χ0) is 23.9. The number of para-hydroxylation sites is 1. The van der Waals surface area contributed by atoms with Crippen LogP contribution in [-0.4, -0.2) is 30.5 Å². The lowest BCUT2D eigenvalue weighted by molar-refractivity contribution is -0.143. The number of hydrogen-bond donors (Lipinski definition) is 0. The summed E-state index contributed by atoms with van der Waals surface area (Å²) in [6.45, 7) is -0.129. The van der Waals surface area contributed by atoms with Crippen molar-refractivity contribution < 1.29 is 22.5 Å². The highest BCUT2D eigenvalue weighted by atomic mass is 35.5. The molecule has 0 spiro atoms. The smallest absolute Gasteiger partial charge is 0.332 e. The number of rotatable bonds is 5. The van der Waals surface area contributed by atoms with Gasteiger partial charge in [-0.05, 0) is 29.8 Å². The number of alkyl halides is 3. The van der Waals surface area contributed by atoms with Gasteiger partial charge in [0.25, 0.3) is 11.7 Å². The third-order valence-electron chi connectivity index (χ3n) is 5.15. The number of ketones is 1. The van der Waals surface area contributed by atoms with Gasteiger partial charge in [-0.1, -0.05) is 47.1 Å². The van der Waals surface area contributed by atoms with Gasteiger partial charge in [0.2, 0.25) is 5.82 Å². The van der Waals surface area contributed by atoms with Crippen LogP contribution in [0.2, 0.25) is 5.02 Å². The average Bonchev–Trinajstić information content (AvgIpc) is 3.44. The molecule has 170 valence electrons. The number of carbonyl (C=O) groups is 1. The summed E-state index contributed by atoms with van der Waals surface area (Å²) in [5.74, 6) is -1.65. The van der Waals surface area contributed by atoms with Crippen molar-refractivity contribution >= 4 is 28.3 Å². The molecule has 0 bridgehead atoms. The van der Waals surface area contributed by atoms with Gasteiger partial charge in [0.05, 0.1) is 5.56 Å². The van der Waals surface area contributed by atoms with Crippen LogP contribution in [0, 0.1) is 0 Å². The average molecular weight is 484 g/mol. The lowest BCUT2D eigenvalue weighted by Crippen LogP contribution is -2.19. The molecule has 5 rings (SSSR count). The molecule has 3 aromatic heterocycles. The van der Waals surface area contributed by atoms with E-state index in [1.54, 1.807) is 36.4 Å². The molecule has 0 amide bonds. The van der Waals surface area contributed by atoms with Crippen molar-refractivity contribution in [1.82, 2.24) is 24.7 Å². The molecule has 0 unspecified atom stereocenters. The highest BCUT2D eigenvalue weighted by Gasteiger charge is 2.42. The zero-order valence-corrected chi connectivity index (χ0v) is 17.9. The summed E-state index contributed by atoms with van der Waals surface area (Å²) in [4.78, 5) is 25.0. The van der Waals surface area contributed by atoms with E-state index in [0.29, 0.717) is 10.6 Å². The number of carbonyl (C=O) groups excluding carboxylic acids is 1. The molecule has 0 aliphatic carbocycles. The minimum Gasteiger partial charge on any atom is -0.332 e. The van der Waals surface area contributed by atoms with Crippen LogP contribution in [-0.2, 0) is 12.7 Å². The number of aromatic nitrogens is 5. The van der Waals surface area contributed by atoms with E-state index < -0.39 is 29.1 Å². The van der Waals surface area contributed by atoms with Crippen molar-refractivity contribution in [3.63, 3.8) is 0 Å². The van der Waals surface area contributed by atoms with E-state index in [9.17, 15) is 18.0 Å². The summed E-state index contributed by atoms with van der Waals surface area (Å²) >= 11 is 5.91. The fraction of sp³-hybridized carbons (Fsp3) is 0.0870. The molecule has 0 saturated heterocycles. The summed E-state index contributed by atoms with van der Waals surface area (Å²) in [5, 5.41) is 4.27. The molecule has 0 aliphatic rings. The van der Waals surface area contributed by atoms with Crippen LogP contribution < -0.4 is 0 Å². The quantitative estimate of drug-likeness (QED) is 0.310. The van der Waals surface area contributed by atoms with Crippen LogP contribution in [0.1, 0.15) is 27.5 Å². The van der Waals surface area contributed by atoms with E-state index in [2.05, 4.69) is 20.1 Å². The molecule has 11 heteroatoms. The molecule has 2 aromatic carbocycles. The minimum absolute atomic E-state index is 0.0378. The first-order valence-corrected chi connectivity index (χ1v) is 10.3. The predicted molar refractivity (Wildman–Crippen MR) is 116 cm³/mol. The number of nitrogens with zero attached hydrogens (tertiary/aromatic N) is 5. The Morgan fingerprint density at radius 1 is 1.06 bits per heavy atom. The van der Waals surface area contributed by atoms with Crippen LogP contribution >= 0.6 is 11.6 Å². The van der Waals surface area contributed by atoms with Crippen molar-refractivity contribution in [2.45, 2.75) is 12.7 Å². The van der Waals surface area contributed by atoms with Crippen LogP contribution in [0.25, 0.3) is 22.4 Å². The molecule has 0 radical (unpaired) electrons. The third-order valence-corrected chi connectivity index (χ3v) is 5.40. The lowest BCUT2D eigenvalue weighted by Gasteiger charge is -2.14. The van der Waals surface area contributed by atoms with Gasteiger partial charge in [0.15, 0.2) is 0 Å². The van der Waals surface area contributed by atoms with Gasteiger partial charge < -0.3 is 9.09 Å². The second kappa shape index (κ2) is 8.38. The molecular formula is C23H13ClF3N5O2. The van der Waals surface area contributed by atoms with Gasteiger partial charge in [0, 0.05) is 28.7 Å². The van der Waals surface area contributed by atoms with Gasteiger partial charge in [-0.3, -0.25) is 4.79 Å². The van der Waals surface area contributed by atoms with E-state index in [-0.39, 0.29) is 29.0 Å². The Balaban J connectivity index is 1.67. The SMILES string of the molecule is O=C(c1nc(-c2ccncn2)no1)c1c(C(F)(F)F)n(Cc2ccc(Cl)cc2)c2ccccc12. The van der Waals surface area contributed by atoms with E-state index in [4.69, 9.17) is 16.1 Å². The molecule has 0 atom stereocenters. The van der Waals surface area contributed by atoms with E-state index in [0.717, 1.165) is 4.57 Å². The largest absolute Gasteiger partial charge is 0.432 e. The first kappa shape index (κ1) is 21.8. The van der Waals surface area contributed by atoms with Crippen molar-refractivity contribution in [2.24, 2.45) is 0 Å². The Morgan fingerprint density at radius 2 is 1.82 bits per heavy atom. The Morgan fingerprint density at radius 3 is 2.53 bits per heavy atom. The highest BCUT2D eigenvalue weighted by molar-refractivity contribution is 6.30. The minimum atomic E-state index is -4.84. The lowest BCUT2D eigenvalue weighted by atomic mass is 10.1. The molecule has 3 heterocycles. The topological polar surface area (TPSA) is 86.7 Å². The number of benzene rings is 2. The standard InChI is InChI=1S/C23H13ClF3N5O2/c24-14-7-5-13(6-8-14)11-32-17-4-2-1-3-15(17)18(20(32)23(25,26)27)19(33)22-30-21(31-34-22)16-9-10-28-12-29-16/h1-10,12H,11H2. The van der Waals surface area contributed by atoms with Gasteiger partial charge >= 0.3 is 6.18 Å². The van der Waals surface area contributed by atoms with E-state index in [1.807, 2.05) is 0 Å². The summed E-state index contributed by atoms with van der Waals surface area (Å²) in [6, 6.07) is 14.1. The molecule has 5 aromatic rings. The van der Waals surface area contributed by atoms with Crippen molar-refractivity contribution in [1.29, 1.82) is 0 Å². The maximum absolute atomic E-state index is 14.4. The fourth-order valence-corrected chi connectivity index (χ4v) is 3.84. The Labute approximate surface area is 194 Å². The van der Waals surface area contributed by atoms with Gasteiger partial charge in [-0.2, -0.15) is 18.2 Å². The molecule has 0 aliphatic heterocycles. The predicted octanol–water partition coefficient (Wildman–Crippen LogP) is 5.43. The van der Waals surface area contributed by atoms with Crippen LogP contribution in [0.15, 0.2) is 71.6 Å². The molecule has 0 N–H and O–H groups in total. The van der Waals surface area contributed by atoms with Crippen LogP contribution in [0.4, 0.5) is 13.2 Å². The number of fused-ring (bicyclic) bond motifs is 1. The molecule has 0 saturated carbocycles. The zero-order valence-electron chi connectivity index (χ0n) is 17.1. The van der Waals surface area contributed by atoms with Crippen LogP contribution in [0.5, 0.6) is 0 Å². The highest BCUT2D eigenvalue weighted by Crippen LogP contribution is 2.39. The van der Waals surface area contributed by atoms with Gasteiger partial charge in [0.1, 0.15) is 17.7 Å². The normalized spacial score (nSPS) is 11.8. The van der Waals surface area contributed by atoms with E-state index >= 15 is 0 Å². The summed E-state index contributed by atoms with van der Waals surface area (Å²) in [7, 11) is 0. The third kappa shape index (κ3) is 3.92. The maximum atomic E-state index is 14.4. The Kier molecular flexibility index (Phi) is 5.37. The fourth-order valence-electron chi connectivity index (χ4n) is 3.71. The molecular weight excluding hydrogens is 471 g/mol. The van der Waals surface area contributed by atoms with Crippen LogP contribution in [0.3, 0.4) is 0 Å². The Bertz CT molecular complexity index is 1500. The van der Waals surface area contributed by atoms with Gasteiger partial charge in [-0.15, -0.1) is 0 Å². The Hall–Kier alpha value is -4.05. The molecule has 0 fully saturated rings. The second-order valence-electron chi connectivity index (χ2n) is 7.30.